The van der Waals surface area contributed by atoms with Crippen LogP contribution in [0, 0.1) is 0 Å². The van der Waals surface area contributed by atoms with Crippen molar-refractivity contribution < 1.29 is 9.47 Å². The fraction of sp³-hybridized carbons (Fsp3) is 0.267. The SMILES string of the molecule is COc1cc(CCN)ccc1OCc1cncc(Br)c1. The molecule has 0 atom stereocenters. The first-order valence-corrected chi connectivity index (χ1v) is 7.11. The Bertz CT molecular complexity index is 576. The minimum absolute atomic E-state index is 0.443. The van der Waals surface area contributed by atoms with Crippen LogP contribution in [-0.2, 0) is 13.0 Å². The molecule has 5 heteroatoms. The normalized spacial score (nSPS) is 10.3. The van der Waals surface area contributed by atoms with Gasteiger partial charge in [0, 0.05) is 22.4 Å². The monoisotopic (exact) mass is 336 g/mol. The lowest BCUT2D eigenvalue weighted by molar-refractivity contribution is 0.284. The largest absolute Gasteiger partial charge is 0.493 e. The second-order valence-electron chi connectivity index (χ2n) is 4.32. The number of pyridine rings is 1. The molecule has 0 saturated carbocycles. The summed E-state index contributed by atoms with van der Waals surface area (Å²) in [5.74, 6) is 1.44. The number of methoxy groups -OCH3 is 1. The molecule has 0 aliphatic carbocycles. The van der Waals surface area contributed by atoms with E-state index in [2.05, 4.69) is 20.9 Å². The summed E-state index contributed by atoms with van der Waals surface area (Å²) >= 11 is 3.39. The molecule has 1 aromatic carbocycles. The number of benzene rings is 1. The van der Waals surface area contributed by atoms with Gasteiger partial charge in [-0.3, -0.25) is 4.98 Å². The average Bonchev–Trinajstić information content (AvgIpc) is 2.46. The average molecular weight is 337 g/mol. The number of ether oxygens (including phenoxy) is 2. The van der Waals surface area contributed by atoms with Crippen LogP contribution in [-0.4, -0.2) is 18.6 Å². The first kappa shape index (κ1) is 14.8. The molecular formula is C15H17BrN2O2. The molecule has 4 nitrogen and oxygen atoms in total. The van der Waals surface area contributed by atoms with E-state index in [0.717, 1.165) is 27.8 Å². The Labute approximate surface area is 127 Å². The van der Waals surface area contributed by atoms with E-state index >= 15 is 0 Å². The van der Waals surface area contributed by atoms with E-state index in [1.807, 2.05) is 24.3 Å². The number of nitrogens with two attached hydrogens (primary N) is 1. The quantitative estimate of drug-likeness (QED) is 0.881. The van der Waals surface area contributed by atoms with Crippen molar-refractivity contribution in [3.8, 4) is 11.5 Å². The Morgan fingerprint density at radius 3 is 2.70 bits per heavy atom. The highest BCUT2D eigenvalue weighted by molar-refractivity contribution is 9.10. The zero-order chi connectivity index (χ0) is 14.4. The molecular weight excluding hydrogens is 320 g/mol. The summed E-state index contributed by atoms with van der Waals surface area (Å²) in [6.45, 7) is 1.06. The summed E-state index contributed by atoms with van der Waals surface area (Å²) in [7, 11) is 1.63. The minimum Gasteiger partial charge on any atom is -0.493 e. The molecule has 0 aliphatic heterocycles. The van der Waals surface area contributed by atoms with Crippen molar-refractivity contribution in [2.45, 2.75) is 13.0 Å². The first-order chi connectivity index (χ1) is 9.72. The Kier molecular flexibility index (Phi) is 5.38. The van der Waals surface area contributed by atoms with E-state index in [0.29, 0.717) is 18.9 Å². The Morgan fingerprint density at radius 1 is 1.15 bits per heavy atom. The molecule has 0 unspecified atom stereocenters. The zero-order valence-corrected chi connectivity index (χ0v) is 12.9. The van der Waals surface area contributed by atoms with Crippen LogP contribution >= 0.6 is 15.9 Å². The number of aromatic nitrogens is 1. The van der Waals surface area contributed by atoms with Crippen molar-refractivity contribution in [2.24, 2.45) is 5.73 Å². The zero-order valence-electron chi connectivity index (χ0n) is 11.3. The molecule has 0 saturated heterocycles. The van der Waals surface area contributed by atoms with Crippen molar-refractivity contribution in [1.29, 1.82) is 0 Å². The molecule has 1 heterocycles. The van der Waals surface area contributed by atoms with Crippen molar-refractivity contribution in [1.82, 2.24) is 4.98 Å². The number of hydrogen-bond acceptors (Lipinski definition) is 4. The van der Waals surface area contributed by atoms with Crippen LogP contribution < -0.4 is 15.2 Å². The van der Waals surface area contributed by atoms with Crippen molar-refractivity contribution in [3.05, 3.63) is 52.3 Å². The molecule has 0 radical (unpaired) electrons. The van der Waals surface area contributed by atoms with Crippen LogP contribution in [0.5, 0.6) is 11.5 Å². The van der Waals surface area contributed by atoms with Crippen LogP contribution in [0.3, 0.4) is 0 Å². The highest BCUT2D eigenvalue weighted by atomic mass is 79.9. The lowest BCUT2D eigenvalue weighted by Crippen LogP contribution is -2.03. The molecule has 0 amide bonds. The molecule has 0 aliphatic rings. The van der Waals surface area contributed by atoms with Gasteiger partial charge in [-0.2, -0.15) is 0 Å². The number of hydrogen-bond donors (Lipinski definition) is 1. The van der Waals surface area contributed by atoms with Crippen LogP contribution in [0.15, 0.2) is 41.1 Å². The van der Waals surface area contributed by atoms with Crippen LogP contribution in [0.4, 0.5) is 0 Å². The predicted octanol–water partition coefficient (Wildman–Crippen LogP) is 2.93. The van der Waals surface area contributed by atoms with E-state index in [1.54, 1.807) is 19.5 Å². The molecule has 2 N–H and O–H groups in total. The summed E-state index contributed by atoms with van der Waals surface area (Å²) < 4.78 is 12.1. The second kappa shape index (κ2) is 7.26. The van der Waals surface area contributed by atoms with E-state index in [4.69, 9.17) is 15.2 Å². The van der Waals surface area contributed by atoms with Crippen molar-refractivity contribution in [3.63, 3.8) is 0 Å². The number of rotatable bonds is 6. The molecule has 0 spiro atoms. The molecule has 2 rings (SSSR count). The summed E-state index contributed by atoms with van der Waals surface area (Å²) in [6.07, 6.45) is 4.35. The summed E-state index contributed by atoms with van der Waals surface area (Å²) in [5, 5.41) is 0. The van der Waals surface area contributed by atoms with E-state index < -0.39 is 0 Å². The highest BCUT2D eigenvalue weighted by Crippen LogP contribution is 2.29. The maximum atomic E-state index is 5.79. The fourth-order valence-corrected chi connectivity index (χ4v) is 2.26. The maximum Gasteiger partial charge on any atom is 0.161 e. The Balaban J connectivity index is 2.09. The Morgan fingerprint density at radius 2 is 2.00 bits per heavy atom. The van der Waals surface area contributed by atoms with Crippen molar-refractivity contribution >= 4 is 15.9 Å². The molecule has 0 fully saturated rings. The van der Waals surface area contributed by atoms with Gasteiger partial charge in [0.15, 0.2) is 11.5 Å². The Hall–Kier alpha value is -1.59. The van der Waals surface area contributed by atoms with Crippen LogP contribution in [0.1, 0.15) is 11.1 Å². The molecule has 20 heavy (non-hydrogen) atoms. The second-order valence-corrected chi connectivity index (χ2v) is 5.24. The molecule has 0 bridgehead atoms. The van der Waals surface area contributed by atoms with E-state index in [-0.39, 0.29) is 0 Å². The van der Waals surface area contributed by atoms with Gasteiger partial charge in [0.2, 0.25) is 0 Å². The van der Waals surface area contributed by atoms with Gasteiger partial charge in [0.05, 0.1) is 7.11 Å². The number of nitrogens with zero attached hydrogens (tertiary/aromatic N) is 1. The molecule has 2 aromatic rings. The van der Waals surface area contributed by atoms with Gasteiger partial charge in [-0.05, 0) is 52.7 Å². The van der Waals surface area contributed by atoms with Crippen LogP contribution in [0.2, 0.25) is 0 Å². The topological polar surface area (TPSA) is 57.4 Å². The van der Waals surface area contributed by atoms with Gasteiger partial charge in [-0.15, -0.1) is 0 Å². The summed E-state index contributed by atoms with van der Waals surface area (Å²) in [4.78, 5) is 4.11. The van der Waals surface area contributed by atoms with Crippen molar-refractivity contribution in [2.75, 3.05) is 13.7 Å². The van der Waals surface area contributed by atoms with E-state index in [1.165, 1.54) is 0 Å². The first-order valence-electron chi connectivity index (χ1n) is 6.32. The van der Waals surface area contributed by atoms with Gasteiger partial charge in [-0.1, -0.05) is 6.07 Å². The summed E-state index contributed by atoms with van der Waals surface area (Å²) in [5.41, 5.74) is 7.69. The third kappa shape index (κ3) is 3.95. The van der Waals surface area contributed by atoms with Crippen LogP contribution in [0.25, 0.3) is 0 Å². The molecule has 1 aromatic heterocycles. The number of halogens is 1. The fourth-order valence-electron chi connectivity index (χ4n) is 1.85. The minimum atomic E-state index is 0.443. The summed E-state index contributed by atoms with van der Waals surface area (Å²) in [6, 6.07) is 7.85. The van der Waals surface area contributed by atoms with Gasteiger partial charge >= 0.3 is 0 Å². The van der Waals surface area contributed by atoms with Gasteiger partial charge in [-0.25, -0.2) is 0 Å². The maximum absolute atomic E-state index is 5.79. The predicted molar refractivity (Wildman–Crippen MR) is 82.0 cm³/mol. The van der Waals surface area contributed by atoms with Gasteiger partial charge in [0.1, 0.15) is 6.61 Å². The highest BCUT2D eigenvalue weighted by Gasteiger charge is 2.06. The lowest BCUT2D eigenvalue weighted by atomic mass is 10.1. The smallest absolute Gasteiger partial charge is 0.161 e. The lowest BCUT2D eigenvalue weighted by Gasteiger charge is -2.12. The standard InChI is InChI=1S/C15H17BrN2O2/c1-19-15-7-11(4-5-17)2-3-14(15)20-10-12-6-13(16)9-18-8-12/h2-3,6-9H,4-5,10,17H2,1H3. The van der Waals surface area contributed by atoms with E-state index in [9.17, 15) is 0 Å². The third-order valence-corrected chi connectivity index (χ3v) is 3.25. The van der Waals surface area contributed by atoms with Gasteiger partial charge < -0.3 is 15.2 Å². The molecule has 106 valence electrons. The van der Waals surface area contributed by atoms with Gasteiger partial charge in [0.25, 0.3) is 0 Å². The third-order valence-electron chi connectivity index (χ3n) is 2.82.